The third-order valence-corrected chi connectivity index (χ3v) is 3.34. The van der Waals surface area contributed by atoms with Gasteiger partial charge in [-0.25, -0.2) is 5.84 Å². The largest absolute Gasteiger partial charge is 0.370 e. The molecule has 0 saturated heterocycles. The van der Waals surface area contributed by atoms with Crippen LogP contribution in [0.25, 0.3) is 0 Å². The first-order valence-electron chi connectivity index (χ1n) is 4.89. The summed E-state index contributed by atoms with van der Waals surface area (Å²) >= 11 is 4.60. The second kappa shape index (κ2) is 6.06. The van der Waals surface area contributed by atoms with Gasteiger partial charge in [0.1, 0.15) is 10.7 Å². The van der Waals surface area contributed by atoms with E-state index in [-0.39, 0.29) is 0 Å². The first-order valence-corrected chi connectivity index (χ1v) is 6.46. The summed E-state index contributed by atoms with van der Waals surface area (Å²) in [5.41, 5.74) is 4.38. The second-order valence-electron chi connectivity index (χ2n) is 3.31. The zero-order chi connectivity index (χ0) is 12.1. The van der Waals surface area contributed by atoms with Gasteiger partial charge in [0, 0.05) is 16.0 Å². The Morgan fingerprint density at radius 3 is 2.76 bits per heavy atom. The smallest absolute Gasteiger partial charge is 0.149 e. The molecular formula is C10H11BrN4OS. The minimum Gasteiger partial charge on any atom is -0.370 e. The van der Waals surface area contributed by atoms with Crippen molar-refractivity contribution in [3.63, 3.8) is 0 Å². The van der Waals surface area contributed by atoms with Gasteiger partial charge in [-0.15, -0.1) is 5.10 Å². The first kappa shape index (κ1) is 12.4. The molecule has 0 amide bonds. The van der Waals surface area contributed by atoms with Gasteiger partial charge in [-0.05, 0) is 17.7 Å². The number of anilines is 1. The first-order chi connectivity index (χ1) is 8.29. The van der Waals surface area contributed by atoms with Crippen molar-refractivity contribution in [2.75, 3.05) is 5.43 Å². The molecule has 5 nitrogen and oxygen atoms in total. The number of nitrogens with zero attached hydrogens (tertiary/aromatic N) is 2. The molecule has 7 heteroatoms. The molecule has 0 aliphatic heterocycles. The van der Waals surface area contributed by atoms with E-state index in [2.05, 4.69) is 30.9 Å². The molecule has 3 N–H and O–H groups in total. The standard InChI is InChI=1S/C10H11BrN4OS/c11-8-3-1-7(2-4-8)5-16-6-9-10(13-12)17-15-14-9/h1-4,13H,5-6,12H2. The molecule has 0 spiro atoms. The molecule has 2 aromatic rings. The number of benzene rings is 1. The highest BCUT2D eigenvalue weighted by Gasteiger charge is 2.06. The molecule has 1 aromatic carbocycles. The van der Waals surface area contributed by atoms with E-state index >= 15 is 0 Å². The zero-order valence-electron chi connectivity index (χ0n) is 8.89. The van der Waals surface area contributed by atoms with E-state index in [1.54, 1.807) is 0 Å². The number of nitrogens with two attached hydrogens (primary N) is 1. The Labute approximate surface area is 111 Å². The molecule has 0 unspecified atom stereocenters. The quantitative estimate of drug-likeness (QED) is 0.654. The SMILES string of the molecule is NNc1snnc1COCc1ccc(Br)cc1. The second-order valence-corrected chi connectivity index (χ2v) is 4.98. The maximum atomic E-state index is 5.54. The van der Waals surface area contributed by atoms with Crippen molar-refractivity contribution in [1.82, 2.24) is 9.59 Å². The summed E-state index contributed by atoms with van der Waals surface area (Å²) < 4.78 is 10.4. The minimum atomic E-state index is 0.395. The van der Waals surface area contributed by atoms with Gasteiger partial charge in [0.25, 0.3) is 0 Å². The predicted octanol–water partition coefficient (Wildman–Crippen LogP) is 2.30. The fraction of sp³-hybridized carbons (Fsp3) is 0.200. The highest BCUT2D eigenvalue weighted by molar-refractivity contribution is 9.10. The topological polar surface area (TPSA) is 73.1 Å². The number of hydrazine groups is 1. The van der Waals surface area contributed by atoms with Crippen molar-refractivity contribution in [1.29, 1.82) is 0 Å². The van der Waals surface area contributed by atoms with Crippen LogP contribution in [0.15, 0.2) is 28.7 Å². The van der Waals surface area contributed by atoms with Gasteiger partial charge in [0.2, 0.25) is 0 Å². The number of aromatic nitrogens is 2. The number of nitrogen functional groups attached to an aromatic ring is 1. The van der Waals surface area contributed by atoms with E-state index < -0.39 is 0 Å². The minimum absolute atomic E-state index is 0.395. The van der Waals surface area contributed by atoms with Gasteiger partial charge in [0.05, 0.1) is 13.2 Å². The van der Waals surface area contributed by atoms with Crippen molar-refractivity contribution in [3.05, 3.63) is 40.0 Å². The highest BCUT2D eigenvalue weighted by Crippen LogP contribution is 2.17. The Kier molecular flexibility index (Phi) is 4.43. The van der Waals surface area contributed by atoms with E-state index in [0.29, 0.717) is 13.2 Å². The monoisotopic (exact) mass is 314 g/mol. The van der Waals surface area contributed by atoms with Crippen LogP contribution in [0, 0.1) is 0 Å². The van der Waals surface area contributed by atoms with Crippen molar-refractivity contribution in [2.45, 2.75) is 13.2 Å². The molecule has 0 aliphatic rings. The molecule has 1 aromatic heterocycles. The lowest BCUT2D eigenvalue weighted by Gasteiger charge is -2.03. The van der Waals surface area contributed by atoms with Crippen LogP contribution in [0.5, 0.6) is 0 Å². The molecule has 17 heavy (non-hydrogen) atoms. The summed E-state index contributed by atoms with van der Waals surface area (Å²) in [6.07, 6.45) is 0. The number of hydrogen-bond acceptors (Lipinski definition) is 6. The summed E-state index contributed by atoms with van der Waals surface area (Å²) in [6, 6.07) is 7.98. The van der Waals surface area contributed by atoms with E-state index in [4.69, 9.17) is 10.6 Å². The van der Waals surface area contributed by atoms with Crippen molar-refractivity contribution < 1.29 is 4.74 Å². The third-order valence-electron chi connectivity index (χ3n) is 2.11. The van der Waals surface area contributed by atoms with Crippen LogP contribution < -0.4 is 11.3 Å². The zero-order valence-corrected chi connectivity index (χ0v) is 11.3. The molecule has 0 radical (unpaired) electrons. The summed E-state index contributed by atoms with van der Waals surface area (Å²) in [5.74, 6) is 5.31. The Morgan fingerprint density at radius 2 is 2.06 bits per heavy atom. The Hall–Kier alpha value is -1.02. The molecule has 90 valence electrons. The summed E-state index contributed by atoms with van der Waals surface area (Å²) in [4.78, 5) is 0. The lowest BCUT2D eigenvalue weighted by atomic mass is 10.2. The highest BCUT2D eigenvalue weighted by atomic mass is 79.9. The number of rotatable bonds is 5. The van der Waals surface area contributed by atoms with E-state index in [0.717, 1.165) is 20.7 Å². The van der Waals surface area contributed by atoms with E-state index in [1.165, 1.54) is 11.5 Å². The lowest BCUT2D eigenvalue weighted by Crippen LogP contribution is -2.08. The van der Waals surface area contributed by atoms with E-state index in [9.17, 15) is 0 Å². The molecule has 0 atom stereocenters. The van der Waals surface area contributed by atoms with Crippen LogP contribution in [-0.4, -0.2) is 9.59 Å². The van der Waals surface area contributed by atoms with Crippen LogP contribution in [0.1, 0.15) is 11.3 Å². The summed E-state index contributed by atoms with van der Waals surface area (Å²) in [5, 5.41) is 4.66. The number of ether oxygens (including phenoxy) is 1. The number of hydrogen-bond donors (Lipinski definition) is 2. The van der Waals surface area contributed by atoms with Crippen LogP contribution in [0.2, 0.25) is 0 Å². The Bertz CT molecular complexity index is 473. The summed E-state index contributed by atoms with van der Waals surface area (Å²) in [6.45, 7) is 0.931. The maximum Gasteiger partial charge on any atom is 0.149 e. The van der Waals surface area contributed by atoms with Crippen LogP contribution >= 0.6 is 27.5 Å². The van der Waals surface area contributed by atoms with Gasteiger partial charge in [-0.1, -0.05) is 32.6 Å². The number of nitrogens with one attached hydrogen (secondary N) is 1. The lowest BCUT2D eigenvalue weighted by molar-refractivity contribution is 0.105. The Balaban J connectivity index is 1.85. The van der Waals surface area contributed by atoms with E-state index in [1.807, 2.05) is 24.3 Å². The normalized spacial score (nSPS) is 10.5. The molecule has 1 heterocycles. The molecule has 0 aliphatic carbocycles. The maximum absolute atomic E-state index is 5.54. The molecule has 0 fully saturated rings. The van der Waals surface area contributed by atoms with Gasteiger partial charge >= 0.3 is 0 Å². The van der Waals surface area contributed by atoms with Gasteiger partial charge in [-0.3, -0.25) is 0 Å². The van der Waals surface area contributed by atoms with Gasteiger partial charge in [0.15, 0.2) is 0 Å². The molecule has 2 rings (SSSR count). The van der Waals surface area contributed by atoms with Crippen molar-refractivity contribution >= 4 is 32.5 Å². The predicted molar refractivity (Wildman–Crippen MR) is 70.4 cm³/mol. The molecular weight excluding hydrogens is 304 g/mol. The van der Waals surface area contributed by atoms with Crippen LogP contribution in [0.4, 0.5) is 5.00 Å². The van der Waals surface area contributed by atoms with Crippen molar-refractivity contribution in [3.8, 4) is 0 Å². The average Bonchev–Trinajstić information content (AvgIpc) is 2.79. The molecule has 0 bridgehead atoms. The fourth-order valence-electron chi connectivity index (χ4n) is 1.26. The fourth-order valence-corrected chi connectivity index (χ4v) is 2.00. The third kappa shape index (κ3) is 3.47. The van der Waals surface area contributed by atoms with Crippen LogP contribution in [0.3, 0.4) is 0 Å². The average molecular weight is 315 g/mol. The molecule has 0 saturated carbocycles. The summed E-state index contributed by atoms with van der Waals surface area (Å²) in [7, 11) is 0. The van der Waals surface area contributed by atoms with Crippen molar-refractivity contribution in [2.24, 2.45) is 5.84 Å². The van der Waals surface area contributed by atoms with Gasteiger partial charge < -0.3 is 10.2 Å². The van der Waals surface area contributed by atoms with Gasteiger partial charge in [-0.2, -0.15) is 0 Å². The number of halogens is 1. The Morgan fingerprint density at radius 1 is 1.29 bits per heavy atom. The van der Waals surface area contributed by atoms with Crippen LogP contribution in [-0.2, 0) is 18.0 Å².